The maximum atomic E-state index is 12.2. The molecule has 22 heavy (non-hydrogen) atoms. The van der Waals surface area contributed by atoms with Crippen molar-refractivity contribution in [2.24, 2.45) is 0 Å². The third-order valence-corrected chi connectivity index (χ3v) is 3.48. The monoisotopic (exact) mass is 328 g/mol. The zero-order valence-electron chi connectivity index (χ0n) is 12.6. The average Bonchev–Trinajstić information content (AvgIpc) is 2.54. The Morgan fingerprint density at radius 2 is 2.14 bits per heavy atom. The lowest BCUT2D eigenvalue weighted by molar-refractivity contribution is 0.0564. The number of anilines is 1. The molecule has 1 aromatic rings. The Bertz CT molecular complexity index is 492. The molecule has 1 saturated heterocycles. The lowest BCUT2D eigenvalue weighted by atomic mass is 10.3. The molecule has 0 aromatic heterocycles. The summed E-state index contributed by atoms with van der Waals surface area (Å²) in [5, 5.41) is 3.30. The Kier molecular flexibility index (Phi) is 6.76. The van der Waals surface area contributed by atoms with E-state index in [2.05, 4.69) is 5.32 Å². The van der Waals surface area contributed by atoms with Gasteiger partial charge in [-0.15, -0.1) is 0 Å². The first-order chi connectivity index (χ1) is 10.7. The van der Waals surface area contributed by atoms with Crippen LogP contribution >= 0.6 is 11.6 Å². The summed E-state index contributed by atoms with van der Waals surface area (Å²) in [5.41, 5.74) is 0.556. The van der Waals surface area contributed by atoms with E-state index in [9.17, 15) is 4.79 Å². The van der Waals surface area contributed by atoms with E-state index in [1.807, 2.05) is 6.92 Å². The number of rotatable bonds is 6. The smallest absolute Gasteiger partial charge is 0.322 e. The Morgan fingerprint density at radius 1 is 1.36 bits per heavy atom. The fourth-order valence-electron chi connectivity index (χ4n) is 2.06. The van der Waals surface area contributed by atoms with Gasteiger partial charge in [0.1, 0.15) is 6.61 Å². The molecule has 0 aliphatic carbocycles. The molecule has 2 rings (SSSR count). The van der Waals surface area contributed by atoms with Crippen LogP contribution in [-0.4, -0.2) is 57.1 Å². The molecular formula is C15H21ClN2O4. The molecule has 1 N–H and O–H groups in total. The first-order valence-electron chi connectivity index (χ1n) is 7.35. The van der Waals surface area contributed by atoms with Gasteiger partial charge in [-0.2, -0.15) is 0 Å². The van der Waals surface area contributed by atoms with Crippen molar-refractivity contribution in [2.75, 3.05) is 51.4 Å². The summed E-state index contributed by atoms with van der Waals surface area (Å²) in [6, 6.07) is 5.08. The number of halogens is 1. The van der Waals surface area contributed by atoms with Crippen LogP contribution in [0, 0.1) is 0 Å². The Hall–Kier alpha value is -1.50. The summed E-state index contributed by atoms with van der Waals surface area (Å²) in [6.45, 7) is 5.66. The molecule has 1 aliphatic heterocycles. The van der Waals surface area contributed by atoms with Crippen molar-refractivity contribution < 1.29 is 19.0 Å². The number of benzene rings is 1. The van der Waals surface area contributed by atoms with Crippen molar-refractivity contribution in [3.63, 3.8) is 0 Å². The van der Waals surface area contributed by atoms with Crippen LogP contribution < -0.4 is 10.1 Å². The van der Waals surface area contributed by atoms with E-state index in [4.69, 9.17) is 25.8 Å². The van der Waals surface area contributed by atoms with Gasteiger partial charge in [-0.25, -0.2) is 4.79 Å². The van der Waals surface area contributed by atoms with E-state index in [0.717, 1.165) is 0 Å². The van der Waals surface area contributed by atoms with Crippen molar-refractivity contribution in [3.05, 3.63) is 23.2 Å². The molecule has 122 valence electrons. The summed E-state index contributed by atoms with van der Waals surface area (Å²) in [5.74, 6) is 0.463. The van der Waals surface area contributed by atoms with E-state index in [1.165, 1.54) is 0 Å². The minimum absolute atomic E-state index is 0.180. The third kappa shape index (κ3) is 4.76. The molecule has 6 nitrogen and oxygen atoms in total. The second kappa shape index (κ2) is 8.82. The predicted molar refractivity (Wildman–Crippen MR) is 84.9 cm³/mol. The fraction of sp³-hybridized carbons (Fsp3) is 0.533. The lowest BCUT2D eigenvalue weighted by Crippen LogP contribution is -2.43. The first kappa shape index (κ1) is 16.9. The highest BCUT2D eigenvalue weighted by molar-refractivity contribution is 6.32. The van der Waals surface area contributed by atoms with E-state index in [-0.39, 0.29) is 6.03 Å². The lowest BCUT2D eigenvalue weighted by Gasteiger charge is -2.27. The van der Waals surface area contributed by atoms with Gasteiger partial charge < -0.3 is 24.4 Å². The SMILES string of the molecule is CCOCCOc1c(Cl)cccc1NC(=O)N1CCOCC1. The molecule has 0 bridgehead atoms. The number of carbonyl (C=O) groups excluding carboxylic acids is 1. The molecule has 7 heteroatoms. The van der Waals surface area contributed by atoms with Gasteiger partial charge in [0, 0.05) is 19.7 Å². The van der Waals surface area contributed by atoms with Crippen LogP contribution in [0.3, 0.4) is 0 Å². The Labute approximate surface area is 135 Å². The standard InChI is InChI=1S/C15H21ClN2O4/c1-2-20-10-11-22-14-12(16)4-3-5-13(14)17-15(19)18-6-8-21-9-7-18/h3-5H,2,6-11H2,1H3,(H,17,19). The molecule has 0 unspecified atom stereocenters. The number of para-hydroxylation sites is 1. The predicted octanol–water partition coefficient (Wildman–Crippen LogP) is 2.62. The van der Waals surface area contributed by atoms with E-state index in [1.54, 1.807) is 23.1 Å². The van der Waals surface area contributed by atoms with Gasteiger partial charge in [-0.05, 0) is 19.1 Å². The zero-order chi connectivity index (χ0) is 15.8. The van der Waals surface area contributed by atoms with Crippen molar-refractivity contribution >= 4 is 23.3 Å². The highest BCUT2D eigenvalue weighted by Gasteiger charge is 2.19. The normalized spacial score (nSPS) is 14.7. The number of nitrogens with zero attached hydrogens (tertiary/aromatic N) is 1. The second-order valence-corrected chi connectivity index (χ2v) is 5.10. The van der Waals surface area contributed by atoms with Gasteiger partial charge >= 0.3 is 6.03 Å². The number of hydrogen-bond acceptors (Lipinski definition) is 4. The summed E-state index contributed by atoms with van der Waals surface area (Å²) in [4.78, 5) is 13.9. The number of carbonyl (C=O) groups is 1. The van der Waals surface area contributed by atoms with E-state index < -0.39 is 0 Å². The van der Waals surface area contributed by atoms with Crippen molar-refractivity contribution in [1.82, 2.24) is 4.90 Å². The number of ether oxygens (including phenoxy) is 3. The summed E-state index contributed by atoms with van der Waals surface area (Å²) < 4.78 is 16.1. The van der Waals surface area contributed by atoms with Gasteiger partial charge in [0.05, 0.1) is 30.5 Å². The number of nitrogens with one attached hydrogen (secondary N) is 1. The largest absolute Gasteiger partial charge is 0.487 e. The highest BCUT2D eigenvalue weighted by Crippen LogP contribution is 2.33. The molecule has 1 fully saturated rings. The molecule has 1 heterocycles. The van der Waals surface area contributed by atoms with E-state index >= 15 is 0 Å². The Morgan fingerprint density at radius 3 is 2.86 bits per heavy atom. The van der Waals surface area contributed by atoms with Gasteiger partial charge in [0.15, 0.2) is 5.75 Å². The van der Waals surface area contributed by atoms with Crippen LogP contribution in [0.5, 0.6) is 5.75 Å². The maximum Gasteiger partial charge on any atom is 0.322 e. The summed E-state index contributed by atoms with van der Waals surface area (Å²) >= 11 is 6.16. The van der Waals surface area contributed by atoms with Crippen LogP contribution in [0.15, 0.2) is 18.2 Å². The zero-order valence-corrected chi connectivity index (χ0v) is 13.4. The fourth-order valence-corrected chi connectivity index (χ4v) is 2.29. The number of urea groups is 1. The Balaban J connectivity index is 1.99. The van der Waals surface area contributed by atoms with Crippen molar-refractivity contribution in [2.45, 2.75) is 6.92 Å². The molecule has 0 radical (unpaired) electrons. The molecule has 0 spiro atoms. The minimum Gasteiger partial charge on any atom is -0.487 e. The average molecular weight is 329 g/mol. The molecule has 1 aliphatic rings. The quantitative estimate of drug-likeness (QED) is 0.815. The first-order valence-corrected chi connectivity index (χ1v) is 7.73. The summed E-state index contributed by atoms with van der Waals surface area (Å²) in [7, 11) is 0. The number of morpholine rings is 1. The minimum atomic E-state index is -0.180. The van der Waals surface area contributed by atoms with Crippen LogP contribution in [0.2, 0.25) is 5.02 Å². The molecule has 2 amide bonds. The highest BCUT2D eigenvalue weighted by atomic mass is 35.5. The van der Waals surface area contributed by atoms with Crippen molar-refractivity contribution in [3.8, 4) is 5.75 Å². The van der Waals surface area contributed by atoms with Crippen LogP contribution in [0.25, 0.3) is 0 Å². The van der Waals surface area contributed by atoms with Gasteiger partial charge in [0.25, 0.3) is 0 Å². The van der Waals surface area contributed by atoms with Crippen LogP contribution in [-0.2, 0) is 9.47 Å². The van der Waals surface area contributed by atoms with Gasteiger partial charge in [-0.3, -0.25) is 0 Å². The maximum absolute atomic E-state index is 12.2. The molecule has 1 aromatic carbocycles. The van der Waals surface area contributed by atoms with Gasteiger partial charge in [-0.1, -0.05) is 17.7 Å². The van der Waals surface area contributed by atoms with Crippen molar-refractivity contribution in [1.29, 1.82) is 0 Å². The third-order valence-electron chi connectivity index (χ3n) is 3.19. The topological polar surface area (TPSA) is 60.0 Å². The van der Waals surface area contributed by atoms with Crippen LogP contribution in [0.4, 0.5) is 10.5 Å². The summed E-state index contributed by atoms with van der Waals surface area (Å²) in [6.07, 6.45) is 0. The molecule has 0 atom stereocenters. The van der Waals surface area contributed by atoms with E-state index in [0.29, 0.717) is 62.6 Å². The second-order valence-electron chi connectivity index (χ2n) is 4.69. The number of amides is 2. The number of hydrogen-bond donors (Lipinski definition) is 1. The molecular weight excluding hydrogens is 308 g/mol. The van der Waals surface area contributed by atoms with Gasteiger partial charge in [0.2, 0.25) is 0 Å². The molecule has 0 saturated carbocycles. The van der Waals surface area contributed by atoms with Crippen LogP contribution in [0.1, 0.15) is 6.92 Å².